The first-order valence-corrected chi connectivity index (χ1v) is 6.73. The van der Waals surface area contributed by atoms with Gasteiger partial charge in [-0.2, -0.15) is 18.4 Å². The number of esters is 1. The summed E-state index contributed by atoms with van der Waals surface area (Å²) in [4.78, 5) is 11.0. The number of hydrogen-bond donors (Lipinski definition) is 0. The molecule has 0 radical (unpaired) electrons. The van der Waals surface area contributed by atoms with E-state index in [2.05, 4.69) is 20.7 Å². The van der Waals surface area contributed by atoms with Crippen LogP contribution >= 0.6 is 27.7 Å². The summed E-state index contributed by atoms with van der Waals surface area (Å²) in [5.74, 6) is -0.913. The number of hydrogen-bond acceptors (Lipinski definition) is 4. The first-order valence-electron chi connectivity index (χ1n) is 4.80. The van der Waals surface area contributed by atoms with E-state index in [0.29, 0.717) is 5.56 Å². The quantitative estimate of drug-likeness (QED) is 0.470. The van der Waals surface area contributed by atoms with E-state index in [1.807, 2.05) is 0 Å². The minimum Gasteiger partial charge on any atom is -0.465 e. The molecule has 0 aliphatic rings. The van der Waals surface area contributed by atoms with Crippen LogP contribution < -0.4 is 0 Å². The summed E-state index contributed by atoms with van der Waals surface area (Å²) in [5.41, 5.74) is -4.67. The van der Waals surface area contributed by atoms with Gasteiger partial charge in [-0.3, -0.25) is 0 Å². The molecule has 1 aromatic carbocycles. The van der Waals surface area contributed by atoms with Crippen molar-refractivity contribution in [2.45, 2.75) is 15.7 Å². The standard InChI is InChI=1S/C11H7BrF3NO2S/c1-18-10(17)7-3-2-6(4-12)8(5-16)9(7)19-11(13,14)15/h2-3H,4H2,1H3. The zero-order valence-electron chi connectivity index (χ0n) is 9.55. The molecule has 0 N–H and O–H groups in total. The third-order valence-corrected chi connectivity index (χ3v) is 3.59. The number of carbonyl (C=O) groups is 1. The zero-order chi connectivity index (χ0) is 14.6. The molecule has 102 valence electrons. The van der Waals surface area contributed by atoms with Crippen molar-refractivity contribution in [3.05, 3.63) is 28.8 Å². The van der Waals surface area contributed by atoms with Crippen LogP contribution in [0.15, 0.2) is 17.0 Å². The van der Waals surface area contributed by atoms with Crippen molar-refractivity contribution < 1.29 is 22.7 Å². The van der Waals surface area contributed by atoms with E-state index in [-0.39, 0.29) is 16.5 Å². The number of rotatable bonds is 3. The number of carbonyl (C=O) groups excluding carboxylic acids is 1. The van der Waals surface area contributed by atoms with Gasteiger partial charge in [0.1, 0.15) is 6.07 Å². The molecule has 0 aliphatic carbocycles. The maximum Gasteiger partial charge on any atom is 0.446 e. The molecule has 0 aliphatic heterocycles. The topological polar surface area (TPSA) is 50.1 Å². The van der Waals surface area contributed by atoms with Gasteiger partial charge in [0.25, 0.3) is 0 Å². The summed E-state index contributed by atoms with van der Waals surface area (Å²) in [5, 5.41) is 9.21. The average molecular weight is 354 g/mol. The second-order valence-electron chi connectivity index (χ2n) is 3.26. The van der Waals surface area contributed by atoms with Crippen LogP contribution in [0.4, 0.5) is 13.2 Å². The molecule has 3 nitrogen and oxygen atoms in total. The van der Waals surface area contributed by atoms with Gasteiger partial charge in [0.2, 0.25) is 0 Å². The van der Waals surface area contributed by atoms with E-state index in [4.69, 9.17) is 5.26 Å². The Bertz CT molecular complexity index is 540. The first-order chi connectivity index (χ1) is 8.84. The lowest BCUT2D eigenvalue weighted by Crippen LogP contribution is -2.09. The first kappa shape index (κ1) is 15.9. The van der Waals surface area contributed by atoms with E-state index >= 15 is 0 Å². The molecule has 0 bridgehead atoms. The van der Waals surface area contributed by atoms with Crippen molar-refractivity contribution in [3.63, 3.8) is 0 Å². The van der Waals surface area contributed by atoms with Crippen molar-refractivity contribution in [2.24, 2.45) is 0 Å². The van der Waals surface area contributed by atoms with Crippen molar-refractivity contribution in [1.29, 1.82) is 5.26 Å². The van der Waals surface area contributed by atoms with Crippen LogP contribution in [0.3, 0.4) is 0 Å². The molecular formula is C11H7BrF3NO2S. The molecule has 0 spiro atoms. The molecule has 0 heterocycles. The zero-order valence-corrected chi connectivity index (χ0v) is 11.9. The van der Waals surface area contributed by atoms with Gasteiger partial charge in [0.05, 0.1) is 18.2 Å². The molecule has 0 saturated carbocycles. The maximum absolute atomic E-state index is 12.5. The Morgan fingerprint density at radius 3 is 2.58 bits per heavy atom. The van der Waals surface area contributed by atoms with Gasteiger partial charge in [0.15, 0.2) is 0 Å². The lowest BCUT2D eigenvalue weighted by atomic mass is 10.1. The number of alkyl halides is 4. The van der Waals surface area contributed by atoms with E-state index in [9.17, 15) is 18.0 Å². The van der Waals surface area contributed by atoms with Crippen LogP contribution in [-0.2, 0) is 10.1 Å². The van der Waals surface area contributed by atoms with Crippen molar-refractivity contribution in [1.82, 2.24) is 0 Å². The fourth-order valence-corrected chi connectivity index (χ4v) is 2.59. The lowest BCUT2D eigenvalue weighted by Gasteiger charge is -2.13. The number of halogens is 4. The fourth-order valence-electron chi connectivity index (χ4n) is 1.35. The van der Waals surface area contributed by atoms with Crippen molar-refractivity contribution >= 4 is 33.7 Å². The third kappa shape index (κ3) is 3.88. The monoisotopic (exact) mass is 353 g/mol. The minimum absolute atomic E-state index is 0.179. The molecule has 0 unspecified atom stereocenters. The highest BCUT2D eigenvalue weighted by Crippen LogP contribution is 2.41. The molecule has 1 aromatic rings. The highest BCUT2D eigenvalue weighted by atomic mass is 79.9. The fraction of sp³-hybridized carbons (Fsp3) is 0.273. The Hall–Kier alpha value is -1.20. The molecule has 0 amide bonds. The van der Waals surface area contributed by atoms with E-state index in [0.717, 1.165) is 7.11 Å². The second kappa shape index (κ2) is 6.30. The Morgan fingerprint density at radius 1 is 1.53 bits per heavy atom. The van der Waals surface area contributed by atoms with Gasteiger partial charge in [-0.05, 0) is 23.4 Å². The molecule has 8 heteroatoms. The Kier molecular flexibility index (Phi) is 5.26. The summed E-state index contributed by atoms with van der Waals surface area (Å²) in [6, 6.07) is 4.33. The van der Waals surface area contributed by atoms with Gasteiger partial charge >= 0.3 is 11.5 Å². The van der Waals surface area contributed by atoms with Gasteiger partial charge in [-0.25, -0.2) is 4.79 Å². The van der Waals surface area contributed by atoms with E-state index in [1.165, 1.54) is 12.1 Å². The molecule has 0 aromatic heterocycles. The Labute approximate surface area is 119 Å². The molecule has 19 heavy (non-hydrogen) atoms. The van der Waals surface area contributed by atoms with Crippen LogP contribution in [0.25, 0.3) is 0 Å². The van der Waals surface area contributed by atoms with Crippen LogP contribution in [-0.4, -0.2) is 18.6 Å². The van der Waals surface area contributed by atoms with Gasteiger partial charge in [0, 0.05) is 10.2 Å². The molecule has 0 atom stereocenters. The Morgan fingerprint density at radius 2 is 2.16 bits per heavy atom. The number of methoxy groups -OCH3 is 1. The largest absolute Gasteiger partial charge is 0.465 e. The molecule has 0 fully saturated rings. The van der Waals surface area contributed by atoms with Crippen LogP contribution in [0.1, 0.15) is 21.5 Å². The highest BCUT2D eigenvalue weighted by Gasteiger charge is 2.34. The van der Waals surface area contributed by atoms with Crippen LogP contribution in [0.5, 0.6) is 0 Å². The number of ether oxygens (including phenoxy) is 1. The molecule has 0 saturated heterocycles. The summed E-state index contributed by atoms with van der Waals surface area (Å²) >= 11 is 2.59. The summed E-state index contributed by atoms with van der Waals surface area (Å²) < 4.78 is 42.0. The smallest absolute Gasteiger partial charge is 0.446 e. The number of thioether (sulfide) groups is 1. The normalized spacial score (nSPS) is 10.9. The van der Waals surface area contributed by atoms with Crippen LogP contribution in [0.2, 0.25) is 0 Å². The van der Waals surface area contributed by atoms with Crippen molar-refractivity contribution in [3.8, 4) is 6.07 Å². The summed E-state index contributed by atoms with van der Waals surface area (Å²) in [6.45, 7) is 0. The highest BCUT2D eigenvalue weighted by molar-refractivity contribution is 9.08. The average Bonchev–Trinajstić information content (AvgIpc) is 2.35. The van der Waals surface area contributed by atoms with E-state index in [1.54, 1.807) is 6.07 Å². The van der Waals surface area contributed by atoms with Gasteiger partial charge < -0.3 is 4.74 Å². The summed E-state index contributed by atoms with van der Waals surface area (Å²) in [6.07, 6.45) is 0. The van der Waals surface area contributed by atoms with Gasteiger partial charge in [-0.15, -0.1) is 0 Å². The number of benzene rings is 1. The maximum atomic E-state index is 12.5. The second-order valence-corrected chi connectivity index (χ2v) is 4.90. The van der Waals surface area contributed by atoms with Crippen molar-refractivity contribution in [2.75, 3.05) is 7.11 Å². The predicted molar refractivity (Wildman–Crippen MR) is 67.0 cm³/mol. The van der Waals surface area contributed by atoms with E-state index < -0.39 is 28.1 Å². The lowest BCUT2D eigenvalue weighted by molar-refractivity contribution is -0.0328. The number of nitriles is 1. The number of nitrogens with zero attached hydrogens (tertiary/aromatic N) is 1. The molecule has 1 rings (SSSR count). The summed E-state index contributed by atoms with van der Waals surface area (Å²) in [7, 11) is 1.06. The Balaban J connectivity index is 3.50. The SMILES string of the molecule is COC(=O)c1ccc(CBr)c(C#N)c1SC(F)(F)F. The van der Waals surface area contributed by atoms with Gasteiger partial charge in [-0.1, -0.05) is 22.0 Å². The molecular weight excluding hydrogens is 347 g/mol. The minimum atomic E-state index is -4.60. The predicted octanol–water partition coefficient (Wildman–Crippen LogP) is 3.85. The third-order valence-electron chi connectivity index (χ3n) is 2.12. The van der Waals surface area contributed by atoms with Crippen LogP contribution in [0, 0.1) is 11.3 Å².